The number of hydrogen-bond acceptors (Lipinski definition) is 5. The second-order valence-corrected chi connectivity index (χ2v) is 7.45. The molecule has 0 bridgehead atoms. The van der Waals surface area contributed by atoms with Crippen molar-refractivity contribution in [3.63, 3.8) is 0 Å². The van der Waals surface area contributed by atoms with Gasteiger partial charge in [-0.05, 0) is 54.8 Å². The van der Waals surface area contributed by atoms with Gasteiger partial charge in [-0.25, -0.2) is 13.8 Å². The molecule has 0 aliphatic heterocycles. The number of pyridine rings is 1. The van der Waals surface area contributed by atoms with Crippen LogP contribution in [0.15, 0.2) is 54.7 Å². The van der Waals surface area contributed by atoms with E-state index >= 15 is 0 Å². The largest absolute Gasteiger partial charge is 0.380 e. The van der Waals surface area contributed by atoms with E-state index in [0.29, 0.717) is 28.3 Å². The first-order valence-corrected chi connectivity index (χ1v) is 9.79. The summed E-state index contributed by atoms with van der Waals surface area (Å²) in [5.74, 6) is -1.31. The van der Waals surface area contributed by atoms with Crippen LogP contribution in [0, 0.1) is 17.6 Å². The number of ketones is 1. The molecule has 3 aromatic rings. The summed E-state index contributed by atoms with van der Waals surface area (Å²) in [4.78, 5) is 28.1. The summed E-state index contributed by atoms with van der Waals surface area (Å²) in [7, 11) is 0. The summed E-state index contributed by atoms with van der Waals surface area (Å²) in [6.45, 7) is 0.0798. The molecule has 1 heterocycles. The Kier molecular flexibility index (Phi) is 5.62. The molecule has 8 heteroatoms. The molecule has 6 nitrogen and oxygen atoms in total. The molecule has 2 aromatic carbocycles. The van der Waals surface area contributed by atoms with E-state index in [-0.39, 0.29) is 23.8 Å². The minimum atomic E-state index is -0.687. The molecular weight excluding hydrogens is 402 g/mol. The van der Waals surface area contributed by atoms with Crippen LogP contribution in [0.5, 0.6) is 0 Å². The molecule has 4 N–H and O–H groups in total. The summed E-state index contributed by atoms with van der Waals surface area (Å²) < 4.78 is 26.8. The smallest absolute Gasteiger partial charge is 0.252 e. The van der Waals surface area contributed by atoms with Crippen LogP contribution in [0.4, 0.5) is 26.0 Å². The number of halogens is 2. The van der Waals surface area contributed by atoms with E-state index < -0.39 is 17.5 Å². The number of Topliss-reactive ketones (excluding diaryl/α,β-unsaturated/α-hetero) is 1. The molecule has 0 unspecified atom stereocenters. The quantitative estimate of drug-likeness (QED) is 0.467. The fourth-order valence-electron chi connectivity index (χ4n) is 3.22. The van der Waals surface area contributed by atoms with E-state index in [1.165, 1.54) is 18.3 Å². The molecule has 1 aromatic heterocycles. The normalized spacial score (nSPS) is 13.0. The predicted molar refractivity (Wildman–Crippen MR) is 113 cm³/mol. The Balaban J connectivity index is 1.50. The summed E-state index contributed by atoms with van der Waals surface area (Å²) in [5, 5.41) is 6.08. The Morgan fingerprint density at radius 1 is 1.03 bits per heavy atom. The van der Waals surface area contributed by atoms with Crippen LogP contribution in [-0.2, 0) is 6.54 Å². The number of primary amides is 1. The highest BCUT2D eigenvalue weighted by Gasteiger charge is 2.30. The molecule has 158 valence electrons. The monoisotopic (exact) mass is 422 g/mol. The lowest BCUT2D eigenvalue weighted by Gasteiger charge is -2.13. The maximum atomic E-state index is 13.4. The molecule has 1 aliphatic carbocycles. The van der Waals surface area contributed by atoms with Crippen LogP contribution >= 0.6 is 0 Å². The number of nitrogens with two attached hydrogens (primary N) is 1. The lowest BCUT2D eigenvalue weighted by Crippen LogP contribution is -2.15. The SMILES string of the molecule is NC(=O)c1cnc(Nc2ccc(C(=O)C3CC3)cc2)cc1NCc1cc(F)cc(F)c1. The second kappa shape index (κ2) is 8.51. The zero-order chi connectivity index (χ0) is 22.0. The van der Waals surface area contributed by atoms with Gasteiger partial charge in [-0.15, -0.1) is 0 Å². The molecule has 1 fully saturated rings. The third-order valence-electron chi connectivity index (χ3n) is 4.96. The van der Waals surface area contributed by atoms with E-state index in [4.69, 9.17) is 5.73 Å². The first-order chi connectivity index (χ1) is 14.9. The maximum absolute atomic E-state index is 13.4. The summed E-state index contributed by atoms with van der Waals surface area (Å²) in [6.07, 6.45) is 3.23. The summed E-state index contributed by atoms with van der Waals surface area (Å²) in [6, 6.07) is 11.9. The van der Waals surface area contributed by atoms with Gasteiger partial charge in [0, 0.05) is 42.0 Å². The average Bonchev–Trinajstić information content (AvgIpc) is 3.57. The van der Waals surface area contributed by atoms with E-state index in [1.807, 2.05) is 0 Å². The number of carbonyl (C=O) groups is 2. The van der Waals surface area contributed by atoms with E-state index in [2.05, 4.69) is 15.6 Å². The first-order valence-electron chi connectivity index (χ1n) is 9.79. The van der Waals surface area contributed by atoms with Crippen molar-refractivity contribution in [1.29, 1.82) is 0 Å². The molecule has 1 aliphatic rings. The molecule has 1 amide bonds. The Morgan fingerprint density at radius 2 is 1.71 bits per heavy atom. The number of rotatable bonds is 8. The van der Waals surface area contributed by atoms with Crippen molar-refractivity contribution >= 4 is 28.9 Å². The van der Waals surface area contributed by atoms with Gasteiger partial charge in [0.05, 0.1) is 11.3 Å². The highest BCUT2D eigenvalue weighted by Crippen LogP contribution is 2.33. The summed E-state index contributed by atoms with van der Waals surface area (Å²) >= 11 is 0. The Morgan fingerprint density at radius 3 is 2.32 bits per heavy atom. The van der Waals surface area contributed by atoms with Crippen molar-refractivity contribution in [2.75, 3.05) is 10.6 Å². The van der Waals surface area contributed by atoms with Crippen molar-refractivity contribution < 1.29 is 18.4 Å². The van der Waals surface area contributed by atoms with Crippen LogP contribution in [0.3, 0.4) is 0 Å². The van der Waals surface area contributed by atoms with E-state index in [9.17, 15) is 18.4 Å². The van der Waals surface area contributed by atoms with Gasteiger partial charge < -0.3 is 16.4 Å². The van der Waals surface area contributed by atoms with Crippen LogP contribution in [0.25, 0.3) is 0 Å². The van der Waals surface area contributed by atoms with Crippen molar-refractivity contribution in [3.05, 3.63) is 83.1 Å². The van der Waals surface area contributed by atoms with E-state index in [1.54, 1.807) is 30.3 Å². The number of aromatic nitrogens is 1. The number of benzene rings is 2. The van der Waals surface area contributed by atoms with Gasteiger partial charge in [0.1, 0.15) is 17.5 Å². The molecule has 0 atom stereocenters. The van der Waals surface area contributed by atoms with E-state index in [0.717, 1.165) is 18.9 Å². The van der Waals surface area contributed by atoms with Crippen LogP contribution in [0.1, 0.15) is 39.1 Å². The zero-order valence-corrected chi connectivity index (χ0v) is 16.5. The number of carbonyl (C=O) groups excluding carboxylic acids is 2. The average molecular weight is 422 g/mol. The molecule has 1 saturated carbocycles. The first kappa shape index (κ1) is 20.5. The molecule has 4 rings (SSSR count). The molecule has 31 heavy (non-hydrogen) atoms. The fourth-order valence-corrected chi connectivity index (χ4v) is 3.22. The molecule has 0 spiro atoms. The number of nitrogens with one attached hydrogen (secondary N) is 2. The van der Waals surface area contributed by atoms with Crippen LogP contribution in [0.2, 0.25) is 0 Å². The van der Waals surface area contributed by atoms with Crippen molar-refractivity contribution in [3.8, 4) is 0 Å². The second-order valence-electron chi connectivity index (χ2n) is 7.45. The van der Waals surface area contributed by atoms with Gasteiger partial charge in [0.2, 0.25) is 0 Å². The number of amides is 1. The molecule has 0 radical (unpaired) electrons. The van der Waals surface area contributed by atoms with Gasteiger partial charge in [0.25, 0.3) is 5.91 Å². The van der Waals surface area contributed by atoms with Crippen molar-refractivity contribution in [2.45, 2.75) is 19.4 Å². The zero-order valence-electron chi connectivity index (χ0n) is 16.5. The van der Waals surface area contributed by atoms with Gasteiger partial charge in [0.15, 0.2) is 5.78 Å². The number of hydrogen-bond donors (Lipinski definition) is 3. The van der Waals surface area contributed by atoms with Crippen LogP contribution < -0.4 is 16.4 Å². The third kappa shape index (κ3) is 5.03. The Labute approximate surface area is 177 Å². The lowest BCUT2D eigenvalue weighted by molar-refractivity contribution is 0.0966. The van der Waals surface area contributed by atoms with Gasteiger partial charge >= 0.3 is 0 Å². The topological polar surface area (TPSA) is 97.1 Å². The van der Waals surface area contributed by atoms with Crippen molar-refractivity contribution in [2.24, 2.45) is 11.7 Å². The van der Waals surface area contributed by atoms with Gasteiger partial charge in [-0.2, -0.15) is 0 Å². The minimum Gasteiger partial charge on any atom is -0.380 e. The highest BCUT2D eigenvalue weighted by atomic mass is 19.1. The lowest BCUT2D eigenvalue weighted by atomic mass is 10.1. The molecular formula is C23H20F2N4O2. The third-order valence-corrected chi connectivity index (χ3v) is 4.96. The predicted octanol–water partition coefficient (Wildman–Crippen LogP) is 4.41. The van der Waals surface area contributed by atoms with Crippen molar-refractivity contribution in [1.82, 2.24) is 4.98 Å². The number of anilines is 3. The standard InChI is InChI=1S/C23H20F2N4O2/c24-16-7-13(8-17(25)9-16)11-27-20-10-21(28-12-19(20)23(26)31)29-18-5-3-15(4-6-18)22(30)14-1-2-14/h3-10,12,14H,1-2,11H2,(H2,26,31)(H2,27,28,29). The Bertz CT molecular complexity index is 1120. The molecule has 0 saturated heterocycles. The highest BCUT2D eigenvalue weighted by molar-refractivity contribution is 6.00. The summed E-state index contributed by atoms with van der Waals surface area (Å²) in [5.41, 5.74) is 7.69. The van der Waals surface area contributed by atoms with Gasteiger partial charge in [-0.1, -0.05) is 0 Å². The maximum Gasteiger partial charge on any atom is 0.252 e. The Hall–Kier alpha value is -3.81. The number of nitrogens with zero attached hydrogens (tertiary/aromatic N) is 1. The van der Waals surface area contributed by atoms with Gasteiger partial charge in [-0.3, -0.25) is 9.59 Å². The minimum absolute atomic E-state index is 0.0798. The fraction of sp³-hybridized carbons (Fsp3) is 0.174. The van der Waals surface area contributed by atoms with Crippen LogP contribution in [-0.4, -0.2) is 16.7 Å².